The number of esters is 1. The monoisotopic (exact) mass is 438 g/mol. The van der Waals surface area contributed by atoms with Crippen LogP contribution in [-0.2, 0) is 18.9 Å². The number of carbonyl (C=O) groups excluding carboxylic acids is 2. The standard InChI is InChI=1S/C18H26F3N2O5P/c1-3-4-12-27-16(24)14(2)23-29(26,28-15-9-6-5-7-10-15)13-8-11-22-17(25)18(19,20)21/h5-7,9-10,14H,3-4,8,11-13H2,1-2H3,(H,22,25)(H,23,26)/t14-,29?/m0/s1. The molecule has 0 fully saturated rings. The Morgan fingerprint density at radius 2 is 1.83 bits per heavy atom. The fraction of sp³-hybridized carbons (Fsp3) is 0.556. The van der Waals surface area contributed by atoms with Crippen molar-refractivity contribution >= 4 is 19.4 Å². The molecule has 0 aromatic heterocycles. The maximum atomic E-state index is 13.2. The van der Waals surface area contributed by atoms with Crippen LogP contribution in [0, 0.1) is 0 Å². The molecular weight excluding hydrogens is 412 g/mol. The summed E-state index contributed by atoms with van der Waals surface area (Å²) in [5.41, 5.74) is 0. The lowest BCUT2D eigenvalue weighted by Crippen LogP contribution is -2.38. The predicted octanol–water partition coefficient (Wildman–Crippen LogP) is 3.65. The number of carbonyl (C=O) groups is 2. The van der Waals surface area contributed by atoms with E-state index in [1.54, 1.807) is 35.6 Å². The Hall–Kier alpha value is -2.06. The van der Waals surface area contributed by atoms with Crippen LogP contribution in [0.3, 0.4) is 0 Å². The fourth-order valence-electron chi connectivity index (χ4n) is 2.17. The average Bonchev–Trinajstić information content (AvgIpc) is 2.65. The van der Waals surface area contributed by atoms with E-state index in [-0.39, 0.29) is 31.5 Å². The van der Waals surface area contributed by atoms with Gasteiger partial charge in [-0.05, 0) is 31.9 Å². The van der Waals surface area contributed by atoms with Crippen molar-refractivity contribution in [1.82, 2.24) is 10.4 Å². The van der Waals surface area contributed by atoms with Crippen LogP contribution in [0.4, 0.5) is 13.2 Å². The fourth-order valence-corrected chi connectivity index (χ4v) is 4.17. The van der Waals surface area contributed by atoms with Gasteiger partial charge in [-0.25, -0.2) is 5.09 Å². The van der Waals surface area contributed by atoms with Crippen molar-refractivity contribution in [3.8, 4) is 5.75 Å². The Bertz CT molecular complexity index is 700. The minimum absolute atomic E-state index is 0.0590. The number of halogens is 3. The molecule has 1 aromatic carbocycles. The van der Waals surface area contributed by atoms with Crippen molar-refractivity contribution in [2.45, 2.75) is 45.3 Å². The summed E-state index contributed by atoms with van der Waals surface area (Å²) in [5, 5.41) is 4.32. The highest BCUT2D eigenvalue weighted by molar-refractivity contribution is 7.57. The summed E-state index contributed by atoms with van der Waals surface area (Å²) >= 11 is 0. The summed E-state index contributed by atoms with van der Waals surface area (Å²) in [4.78, 5) is 22.9. The van der Waals surface area contributed by atoms with Crippen LogP contribution in [0.25, 0.3) is 0 Å². The Kier molecular flexibility index (Phi) is 10.2. The first-order chi connectivity index (χ1) is 13.6. The van der Waals surface area contributed by atoms with Gasteiger partial charge < -0.3 is 14.6 Å². The zero-order valence-electron chi connectivity index (χ0n) is 16.3. The number of ether oxygens (including phenoxy) is 1. The van der Waals surface area contributed by atoms with E-state index in [9.17, 15) is 27.3 Å². The highest BCUT2D eigenvalue weighted by Crippen LogP contribution is 2.44. The van der Waals surface area contributed by atoms with Crippen LogP contribution >= 0.6 is 7.52 Å². The van der Waals surface area contributed by atoms with E-state index >= 15 is 0 Å². The molecule has 0 aliphatic heterocycles. The summed E-state index contributed by atoms with van der Waals surface area (Å²) in [6.07, 6.45) is -3.72. The molecule has 1 amide bonds. The molecule has 0 saturated carbocycles. The van der Waals surface area contributed by atoms with Gasteiger partial charge in [-0.1, -0.05) is 31.5 Å². The van der Waals surface area contributed by atoms with Crippen LogP contribution in [0.1, 0.15) is 33.1 Å². The van der Waals surface area contributed by atoms with Gasteiger partial charge in [0.2, 0.25) is 0 Å². The molecule has 1 unspecified atom stereocenters. The van der Waals surface area contributed by atoms with Crippen LogP contribution < -0.4 is 14.9 Å². The number of rotatable bonds is 12. The average molecular weight is 438 g/mol. The molecule has 164 valence electrons. The summed E-state index contributed by atoms with van der Waals surface area (Å²) in [6.45, 7) is 3.28. The summed E-state index contributed by atoms with van der Waals surface area (Å²) in [7, 11) is -3.67. The van der Waals surface area contributed by atoms with Crippen LogP contribution in [-0.4, -0.2) is 43.4 Å². The molecule has 0 spiro atoms. The number of alkyl halides is 3. The van der Waals surface area contributed by atoms with Gasteiger partial charge in [0.1, 0.15) is 11.8 Å². The topological polar surface area (TPSA) is 93.7 Å². The first-order valence-electron chi connectivity index (χ1n) is 9.20. The van der Waals surface area contributed by atoms with Crippen molar-refractivity contribution in [3.05, 3.63) is 30.3 Å². The van der Waals surface area contributed by atoms with Gasteiger partial charge in [0.05, 0.1) is 12.8 Å². The Labute approximate surface area is 167 Å². The third-order valence-corrected chi connectivity index (χ3v) is 5.85. The SMILES string of the molecule is CCCCOC(=O)[C@H](C)NP(=O)(CCCNC(=O)C(F)(F)F)Oc1ccccc1. The zero-order valence-corrected chi connectivity index (χ0v) is 17.2. The van der Waals surface area contributed by atoms with E-state index < -0.39 is 31.6 Å². The normalized spacial score (nSPS) is 14.5. The lowest BCUT2D eigenvalue weighted by atomic mass is 10.3. The van der Waals surface area contributed by atoms with Gasteiger partial charge in [0, 0.05) is 6.54 Å². The summed E-state index contributed by atoms with van der Waals surface area (Å²) in [5.74, 6) is -2.41. The van der Waals surface area contributed by atoms with Gasteiger partial charge >= 0.3 is 25.6 Å². The van der Waals surface area contributed by atoms with Crippen molar-refractivity contribution < 1.29 is 36.6 Å². The number of nitrogens with one attached hydrogen (secondary N) is 2. The van der Waals surface area contributed by atoms with Crippen molar-refractivity contribution in [2.75, 3.05) is 19.3 Å². The van der Waals surface area contributed by atoms with E-state index in [1.807, 2.05) is 6.92 Å². The van der Waals surface area contributed by atoms with Gasteiger partial charge in [0.25, 0.3) is 0 Å². The number of hydrogen-bond donors (Lipinski definition) is 2. The smallest absolute Gasteiger partial charge is 0.465 e. The molecule has 0 saturated heterocycles. The molecule has 29 heavy (non-hydrogen) atoms. The Morgan fingerprint density at radius 3 is 2.41 bits per heavy atom. The number of para-hydroxylation sites is 1. The third-order valence-electron chi connectivity index (χ3n) is 3.65. The first-order valence-corrected chi connectivity index (χ1v) is 11.0. The third kappa shape index (κ3) is 9.80. The largest absolute Gasteiger partial charge is 0.471 e. The lowest BCUT2D eigenvalue weighted by molar-refractivity contribution is -0.173. The van der Waals surface area contributed by atoms with Crippen LogP contribution in [0.15, 0.2) is 30.3 Å². The van der Waals surface area contributed by atoms with E-state index in [0.717, 1.165) is 6.42 Å². The van der Waals surface area contributed by atoms with Gasteiger partial charge in [-0.3, -0.25) is 14.2 Å². The number of hydrogen-bond acceptors (Lipinski definition) is 5. The highest BCUT2D eigenvalue weighted by Gasteiger charge is 2.38. The molecule has 2 atom stereocenters. The Balaban J connectivity index is 2.72. The van der Waals surface area contributed by atoms with Crippen LogP contribution in [0.5, 0.6) is 5.75 Å². The maximum Gasteiger partial charge on any atom is 0.471 e. The molecule has 0 heterocycles. The lowest BCUT2D eigenvalue weighted by Gasteiger charge is -2.23. The van der Waals surface area contributed by atoms with Crippen molar-refractivity contribution in [3.63, 3.8) is 0 Å². The minimum atomic E-state index is -4.99. The van der Waals surface area contributed by atoms with E-state index in [4.69, 9.17) is 9.26 Å². The number of benzene rings is 1. The molecule has 1 aromatic rings. The quantitative estimate of drug-likeness (QED) is 0.294. The summed E-state index contributed by atoms with van der Waals surface area (Å²) in [6, 6.07) is 7.21. The molecule has 2 N–H and O–H groups in total. The number of amides is 1. The molecule has 7 nitrogen and oxygen atoms in total. The maximum absolute atomic E-state index is 13.2. The highest BCUT2D eigenvalue weighted by atomic mass is 31.2. The van der Waals surface area contributed by atoms with Gasteiger partial charge in [-0.2, -0.15) is 13.2 Å². The minimum Gasteiger partial charge on any atom is -0.465 e. The van der Waals surface area contributed by atoms with Crippen molar-refractivity contribution in [2.24, 2.45) is 0 Å². The molecule has 0 radical (unpaired) electrons. The molecule has 0 aliphatic carbocycles. The van der Waals surface area contributed by atoms with E-state index in [0.29, 0.717) is 6.42 Å². The predicted molar refractivity (Wildman–Crippen MR) is 102 cm³/mol. The van der Waals surface area contributed by atoms with E-state index in [2.05, 4.69) is 5.09 Å². The second-order valence-corrected chi connectivity index (χ2v) is 8.52. The van der Waals surface area contributed by atoms with Gasteiger partial charge in [-0.15, -0.1) is 0 Å². The first kappa shape index (κ1) is 25.0. The number of unbranched alkanes of at least 4 members (excludes halogenated alkanes) is 1. The second kappa shape index (κ2) is 11.8. The summed E-state index contributed by atoms with van der Waals surface area (Å²) < 4.78 is 60.5. The molecule has 1 rings (SSSR count). The van der Waals surface area contributed by atoms with Gasteiger partial charge in [0.15, 0.2) is 0 Å². The molecule has 11 heteroatoms. The molecular formula is C18H26F3N2O5P. The van der Waals surface area contributed by atoms with Crippen molar-refractivity contribution in [1.29, 1.82) is 0 Å². The second-order valence-electron chi connectivity index (χ2n) is 6.28. The van der Waals surface area contributed by atoms with Crippen LogP contribution in [0.2, 0.25) is 0 Å². The molecule has 0 aliphatic rings. The zero-order chi connectivity index (χ0) is 21.9. The molecule has 0 bridgehead atoms. The Morgan fingerprint density at radius 1 is 1.17 bits per heavy atom. The van der Waals surface area contributed by atoms with E-state index in [1.165, 1.54) is 6.92 Å².